The van der Waals surface area contributed by atoms with E-state index in [1.54, 1.807) is 18.2 Å². The van der Waals surface area contributed by atoms with E-state index < -0.39 is 6.10 Å². The van der Waals surface area contributed by atoms with Crippen LogP contribution in [-0.2, 0) is 9.53 Å². The molecule has 132 valence electrons. The smallest absolute Gasteiger partial charge is 0.258 e. The molecule has 3 aromatic carbocycles. The molecule has 5 heteroatoms. The molecule has 1 amide bonds. The minimum atomic E-state index is -0.736. The summed E-state index contributed by atoms with van der Waals surface area (Å²) >= 11 is 6.10. The average molecular weight is 368 g/mol. The molecule has 4 nitrogen and oxygen atoms in total. The van der Waals surface area contributed by atoms with Crippen LogP contribution in [0.1, 0.15) is 11.7 Å². The highest BCUT2D eigenvalue weighted by Crippen LogP contribution is 2.33. The van der Waals surface area contributed by atoms with Crippen LogP contribution in [0, 0.1) is 0 Å². The van der Waals surface area contributed by atoms with Crippen molar-refractivity contribution in [1.82, 2.24) is 0 Å². The summed E-state index contributed by atoms with van der Waals surface area (Å²) in [5.41, 5.74) is 1.24. The third kappa shape index (κ3) is 4.42. The van der Waals surface area contributed by atoms with Gasteiger partial charge in [-0.05, 0) is 35.9 Å². The van der Waals surface area contributed by atoms with Gasteiger partial charge in [0.15, 0.2) is 11.9 Å². The molecule has 0 aromatic heterocycles. The molecule has 3 aromatic rings. The van der Waals surface area contributed by atoms with Gasteiger partial charge in [-0.1, -0.05) is 60.1 Å². The molecular formula is C21H18ClNO3. The van der Waals surface area contributed by atoms with Crippen molar-refractivity contribution >= 4 is 23.2 Å². The molecule has 0 aliphatic rings. The minimum absolute atomic E-state index is 0.307. The summed E-state index contributed by atoms with van der Waals surface area (Å²) in [7, 11) is 1.50. The maximum atomic E-state index is 12.7. The third-order valence-electron chi connectivity index (χ3n) is 3.75. The molecule has 0 heterocycles. The zero-order chi connectivity index (χ0) is 18.4. The van der Waals surface area contributed by atoms with Crippen LogP contribution in [0.25, 0.3) is 0 Å². The van der Waals surface area contributed by atoms with Crippen LogP contribution in [0.3, 0.4) is 0 Å². The Morgan fingerprint density at radius 2 is 1.62 bits per heavy atom. The standard InChI is InChI=1S/C21H18ClNO3/c1-25-20(15-8-4-2-5-9-15)21(24)23-18-14-16(22)12-13-19(18)26-17-10-6-3-7-11-17/h2-14,20H,1H3,(H,23,24)/t20-/m0/s1. The van der Waals surface area contributed by atoms with Gasteiger partial charge in [0.1, 0.15) is 5.75 Å². The van der Waals surface area contributed by atoms with Gasteiger partial charge in [0.05, 0.1) is 5.69 Å². The SMILES string of the molecule is CO[C@H](C(=O)Nc1cc(Cl)ccc1Oc1ccccc1)c1ccccc1. The first-order valence-electron chi connectivity index (χ1n) is 8.08. The van der Waals surface area contributed by atoms with Gasteiger partial charge in [-0.15, -0.1) is 0 Å². The molecule has 3 rings (SSSR count). The zero-order valence-corrected chi connectivity index (χ0v) is 14.9. The molecule has 26 heavy (non-hydrogen) atoms. The fourth-order valence-electron chi connectivity index (χ4n) is 2.52. The molecule has 0 radical (unpaired) electrons. The second-order valence-electron chi connectivity index (χ2n) is 5.57. The van der Waals surface area contributed by atoms with Crippen molar-refractivity contribution in [2.75, 3.05) is 12.4 Å². The Morgan fingerprint density at radius 1 is 0.962 bits per heavy atom. The van der Waals surface area contributed by atoms with Crippen molar-refractivity contribution in [2.45, 2.75) is 6.10 Å². The van der Waals surface area contributed by atoms with Gasteiger partial charge in [0.25, 0.3) is 5.91 Å². The Kier molecular flexibility index (Phi) is 5.89. The lowest BCUT2D eigenvalue weighted by molar-refractivity contribution is -0.126. The molecule has 0 fully saturated rings. The number of halogens is 1. The molecule has 0 aliphatic heterocycles. The highest BCUT2D eigenvalue weighted by Gasteiger charge is 2.21. The highest BCUT2D eigenvalue weighted by atomic mass is 35.5. The Balaban J connectivity index is 1.84. The van der Waals surface area contributed by atoms with E-state index in [-0.39, 0.29) is 5.91 Å². The van der Waals surface area contributed by atoms with Crippen LogP contribution in [-0.4, -0.2) is 13.0 Å². The molecule has 0 unspecified atom stereocenters. The van der Waals surface area contributed by atoms with Gasteiger partial charge in [-0.25, -0.2) is 0 Å². The molecule has 1 N–H and O–H groups in total. The van der Waals surface area contributed by atoms with Crippen molar-refractivity contribution < 1.29 is 14.3 Å². The molecule has 0 spiro atoms. The van der Waals surface area contributed by atoms with Crippen LogP contribution in [0.4, 0.5) is 5.69 Å². The first-order chi connectivity index (χ1) is 12.7. The number of amides is 1. The van der Waals surface area contributed by atoms with Gasteiger partial charge < -0.3 is 14.8 Å². The monoisotopic (exact) mass is 367 g/mol. The summed E-state index contributed by atoms with van der Waals surface area (Å²) in [6.07, 6.45) is -0.736. The number of rotatable bonds is 6. The van der Waals surface area contributed by atoms with E-state index >= 15 is 0 Å². The lowest BCUT2D eigenvalue weighted by Crippen LogP contribution is -2.22. The van der Waals surface area contributed by atoms with Gasteiger partial charge >= 0.3 is 0 Å². The lowest BCUT2D eigenvalue weighted by atomic mass is 10.1. The molecule has 1 atom stereocenters. The van der Waals surface area contributed by atoms with E-state index in [2.05, 4.69) is 5.32 Å². The van der Waals surface area contributed by atoms with Crippen molar-refractivity contribution in [3.63, 3.8) is 0 Å². The predicted octanol–water partition coefficient (Wildman–Crippen LogP) is 5.46. The number of para-hydroxylation sites is 1. The number of carbonyl (C=O) groups is 1. The van der Waals surface area contributed by atoms with E-state index in [0.29, 0.717) is 22.2 Å². The summed E-state index contributed by atoms with van der Waals surface area (Å²) in [4.78, 5) is 12.7. The predicted molar refractivity (Wildman–Crippen MR) is 103 cm³/mol. The molecule has 0 saturated heterocycles. The van der Waals surface area contributed by atoms with Crippen LogP contribution in [0.15, 0.2) is 78.9 Å². The molecular weight excluding hydrogens is 350 g/mol. The molecule has 0 bridgehead atoms. The van der Waals surface area contributed by atoms with Crippen LogP contribution in [0.2, 0.25) is 5.02 Å². The van der Waals surface area contributed by atoms with Crippen LogP contribution in [0.5, 0.6) is 11.5 Å². The van der Waals surface area contributed by atoms with Crippen molar-refractivity contribution in [2.24, 2.45) is 0 Å². The van der Waals surface area contributed by atoms with Crippen molar-refractivity contribution in [3.05, 3.63) is 89.4 Å². The quantitative estimate of drug-likeness (QED) is 0.629. The van der Waals surface area contributed by atoms with Crippen molar-refractivity contribution in [1.29, 1.82) is 0 Å². The van der Waals surface area contributed by atoms with E-state index in [1.807, 2.05) is 60.7 Å². The molecule has 0 saturated carbocycles. The molecule has 0 aliphatic carbocycles. The summed E-state index contributed by atoms with van der Waals surface area (Å²) in [6, 6.07) is 23.7. The van der Waals surface area contributed by atoms with Gasteiger partial charge in [-0.2, -0.15) is 0 Å². The maximum absolute atomic E-state index is 12.7. The average Bonchev–Trinajstić information content (AvgIpc) is 2.66. The Hall–Kier alpha value is -2.82. The van der Waals surface area contributed by atoms with E-state index in [4.69, 9.17) is 21.1 Å². The second-order valence-corrected chi connectivity index (χ2v) is 6.01. The number of carbonyl (C=O) groups excluding carboxylic acids is 1. The number of benzene rings is 3. The van der Waals surface area contributed by atoms with Crippen LogP contribution >= 0.6 is 11.6 Å². The number of nitrogens with one attached hydrogen (secondary N) is 1. The first-order valence-corrected chi connectivity index (χ1v) is 8.46. The summed E-state index contributed by atoms with van der Waals surface area (Å²) in [6.45, 7) is 0. The number of methoxy groups -OCH3 is 1. The fourth-order valence-corrected chi connectivity index (χ4v) is 2.70. The second kappa shape index (κ2) is 8.52. The topological polar surface area (TPSA) is 47.6 Å². The van der Waals surface area contributed by atoms with Crippen LogP contribution < -0.4 is 10.1 Å². The summed E-state index contributed by atoms with van der Waals surface area (Å²) < 4.78 is 11.2. The highest BCUT2D eigenvalue weighted by molar-refractivity contribution is 6.31. The van der Waals surface area contributed by atoms with Gasteiger partial charge in [-0.3, -0.25) is 4.79 Å². The normalized spacial score (nSPS) is 11.6. The maximum Gasteiger partial charge on any atom is 0.258 e. The third-order valence-corrected chi connectivity index (χ3v) is 3.98. The minimum Gasteiger partial charge on any atom is -0.455 e. The number of hydrogen-bond acceptors (Lipinski definition) is 3. The largest absolute Gasteiger partial charge is 0.455 e. The zero-order valence-electron chi connectivity index (χ0n) is 14.2. The van der Waals surface area contributed by atoms with E-state index in [9.17, 15) is 4.79 Å². The fraction of sp³-hybridized carbons (Fsp3) is 0.0952. The van der Waals surface area contributed by atoms with Crippen molar-refractivity contribution in [3.8, 4) is 11.5 Å². The van der Waals surface area contributed by atoms with E-state index in [1.165, 1.54) is 7.11 Å². The summed E-state index contributed by atoms with van der Waals surface area (Å²) in [5, 5.41) is 3.34. The first kappa shape index (κ1) is 18.0. The van der Waals surface area contributed by atoms with Gasteiger partial charge in [0, 0.05) is 12.1 Å². The summed E-state index contributed by atoms with van der Waals surface area (Å²) in [5.74, 6) is 0.854. The number of anilines is 1. The Labute approximate surface area is 157 Å². The van der Waals surface area contributed by atoms with Gasteiger partial charge in [0.2, 0.25) is 0 Å². The Morgan fingerprint density at radius 3 is 2.27 bits per heavy atom. The van der Waals surface area contributed by atoms with E-state index in [0.717, 1.165) is 5.56 Å². The number of hydrogen-bond donors (Lipinski definition) is 1. The lowest BCUT2D eigenvalue weighted by Gasteiger charge is -2.18. The number of ether oxygens (including phenoxy) is 2. The Bertz CT molecular complexity index is 869.